The standard InChI is InChI=1S/C45H33N/c1-45(2)41-19-11-9-17-37(41)39-25-26-40-38-18-10-12-20-42(38)46(44(40)43(39)45)36-23-21-32(22-24-36)35-28-33(30-13-5-3-6-14-30)27-34(29-35)31-15-7-4-8-16-31/h3-29H,1-2H3. The van der Waals surface area contributed by atoms with Crippen molar-refractivity contribution in [2.24, 2.45) is 0 Å². The Labute approximate surface area is 270 Å². The Bertz CT molecular complexity index is 2350. The molecular weight excluding hydrogens is 555 g/mol. The van der Waals surface area contributed by atoms with E-state index >= 15 is 0 Å². The van der Waals surface area contributed by atoms with Gasteiger partial charge in [0.15, 0.2) is 0 Å². The second-order valence-electron chi connectivity index (χ2n) is 13.0. The molecule has 1 heteroatoms. The topological polar surface area (TPSA) is 4.93 Å². The molecule has 7 aromatic carbocycles. The van der Waals surface area contributed by atoms with Crippen LogP contribution in [-0.2, 0) is 5.41 Å². The second-order valence-corrected chi connectivity index (χ2v) is 13.0. The van der Waals surface area contributed by atoms with E-state index in [2.05, 4.69) is 182 Å². The fraction of sp³-hybridized carbons (Fsp3) is 0.0667. The van der Waals surface area contributed by atoms with Gasteiger partial charge in [0.25, 0.3) is 0 Å². The highest BCUT2D eigenvalue weighted by atomic mass is 15.0. The smallest absolute Gasteiger partial charge is 0.0588 e. The summed E-state index contributed by atoms with van der Waals surface area (Å²) in [5.74, 6) is 0. The lowest BCUT2D eigenvalue weighted by Crippen LogP contribution is -2.16. The van der Waals surface area contributed by atoms with Crippen molar-refractivity contribution in [1.82, 2.24) is 4.57 Å². The first-order valence-electron chi connectivity index (χ1n) is 16.1. The Morgan fingerprint density at radius 2 is 0.957 bits per heavy atom. The lowest BCUT2D eigenvalue weighted by molar-refractivity contribution is 0.664. The van der Waals surface area contributed by atoms with E-state index in [0.29, 0.717) is 0 Å². The van der Waals surface area contributed by atoms with Gasteiger partial charge in [-0.15, -0.1) is 0 Å². The van der Waals surface area contributed by atoms with E-state index in [1.807, 2.05) is 0 Å². The molecule has 0 aliphatic heterocycles. The Morgan fingerprint density at radius 3 is 1.61 bits per heavy atom. The van der Waals surface area contributed by atoms with Crippen LogP contribution in [0.25, 0.3) is 72.0 Å². The summed E-state index contributed by atoms with van der Waals surface area (Å²) in [6, 6.07) is 60.0. The maximum absolute atomic E-state index is 2.50. The molecule has 0 bridgehead atoms. The number of hydrogen-bond acceptors (Lipinski definition) is 0. The van der Waals surface area contributed by atoms with Gasteiger partial charge >= 0.3 is 0 Å². The first-order valence-corrected chi connectivity index (χ1v) is 16.1. The van der Waals surface area contributed by atoms with E-state index in [-0.39, 0.29) is 5.41 Å². The molecule has 1 aromatic heterocycles. The predicted molar refractivity (Wildman–Crippen MR) is 195 cm³/mol. The van der Waals surface area contributed by atoms with Crippen molar-refractivity contribution in [1.29, 1.82) is 0 Å². The minimum Gasteiger partial charge on any atom is -0.309 e. The molecule has 0 unspecified atom stereocenters. The zero-order valence-electron chi connectivity index (χ0n) is 26.0. The zero-order chi connectivity index (χ0) is 30.8. The summed E-state index contributed by atoms with van der Waals surface area (Å²) in [4.78, 5) is 0. The number of hydrogen-bond donors (Lipinski definition) is 0. The molecule has 0 saturated heterocycles. The van der Waals surface area contributed by atoms with Gasteiger partial charge in [0, 0.05) is 21.9 Å². The van der Waals surface area contributed by atoms with E-state index in [4.69, 9.17) is 0 Å². The Hall–Kier alpha value is -5.66. The van der Waals surface area contributed by atoms with Gasteiger partial charge in [-0.25, -0.2) is 0 Å². The van der Waals surface area contributed by atoms with Crippen LogP contribution >= 0.6 is 0 Å². The molecule has 1 nitrogen and oxygen atoms in total. The number of nitrogens with zero attached hydrogens (tertiary/aromatic N) is 1. The SMILES string of the molecule is CC1(C)c2ccccc2-c2ccc3c4ccccc4n(-c4ccc(-c5cc(-c6ccccc6)cc(-c6ccccc6)c5)cc4)c3c21. The van der Waals surface area contributed by atoms with E-state index in [9.17, 15) is 0 Å². The number of benzene rings is 7. The van der Waals surface area contributed by atoms with Gasteiger partial charge < -0.3 is 4.57 Å². The molecule has 218 valence electrons. The van der Waals surface area contributed by atoms with Crippen molar-refractivity contribution < 1.29 is 0 Å². The van der Waals surface area contributed by atoms with E-state index in [0.717, 1.165) is 0 Å². The lowest BCUT2D eigenvalue weighted by Gasteiger charge is -2.23. The van der Waals surface area contributed by atoms with Gasteiger partial charge in [-0.1, -0.05) is 141 Å². The predicted octanol–water partition coefficient (Wildman–Crippen LogP) is 12.1. The summed E-state index contributed by atoms with van der Waals surface area (Å²) in [7, 11) is 0. The van der Waals surface area contributed by atoms with Crippen LogP contribution in [0.4, 0.5) is 0 Å². The Balaban J connectivity index is 1.23. The molecule has 1 aliphatic carbocycles. The van der Waals surface area contributed by atoms with E-state index in [1.165, 1.54) is 83.1 Å². The number of para-hydroxylation sites is 1. The largest absolute Gasteiger partial charge is 0.309 e. The third-order valence-electron chi connectivity index (χ3n) is 9.96. The van der Waals surface area contributed by atoms with Gasteiger partial charge in [0.05, 0.1) is 11.0 Å². The fourth-order valence-electron chi connectivity index (χ4n) is 7.77. The van der Waals surface area contributed by atoms with Crippen LogP contribution in [-0.4, -0.2) is 4.57 Å². The summed E-state index contributed by atoms with van der Waals surface area (Å²) in [5.41, 5.74) is 16.4. The second kappa shape index (κ2) is 10.2. The molecule has 1 aliphatic rings. The molecule has 0 atom stereocenters. The highest BCUT2D eigenvalue weighted by Gasteiger charge is 2.38. The van der Waals surface area contributed by atoms with E-state index in [1.54, 1.807) is 0 Å². The summed E-state index contributed by atoms with van der Waals surface area (Å²) < 4.78 is 2.50. The minimum atomic E-state index is -0.108. The van der Waals surface area contributed by atoms with Crippen molar-refractivity contribution in [3.8, 4) is 50.2 Å². The molecule has 9 rings (SSSR count). The summed E-state index contributed by atoms with van der Waals surface area (Å²) >= 11 is 0. The van der Waals surface area contributed by atoms with Gasteiger partial charge in [0.1, 0.15) is 0 Å². The minimum absolute atomic E-state index is 0.108. The maximum Gasteiger partial charge on any atom is 0.0588 e. The number of aromatic nitrogens is 1. The summed E-state index contributed by atoms with van der Waals surface area (Å²) in [6.07, 6.45) is 0. The Morgan fingerprint density at radius 1 is 0.413 bits per heavy atom. The molecule has 1 heterocycles. The molecule has 8 aromatic rings. The maximum atomic E-state index is 2.50. The van der Waals surface area contributed by atoms with Crippen LogP contribution in [0.15, 0.2) is 164 Å². The average Bonchev–Trinajstić information content (AvgIpc) is 3.57. The molecular formula is C45H33N. The third-order valence-corrected chi connectivity index (χ3v) is 9.96. The molecule has 0 radical (unpaired) electrons. The third kappa shape index (κ3) is 4.02. The first-order chi connectivity index (χ1) is 22.6. The molecule has 0 spiro atoms. The summed E-state index contributed by atoms with van der Waals surface area (Å²) in [6.45, 7) is 4.76. The molecule has 0 saturated carbocycles. The van der Waals surface area contributed by atoms with Crippen LogP contribution in [0.1, 0.15) is 25.0 Å². The number of rotatable bonds is 4. The highest BCUT2D eigenvalue weighted by molar-refractivity contribution is 6.13. The van der Waals surface area contributed by atoms with Crippen LogP contribution in [0.5, 0.6) is 0 Å². The van der Waals surface area contributed by atoms with Gasteiger partial charge in [-0.05, 0) is 92.0 Å². The van der Waals surface area contributed by atoms with Crippen molar-refractivity contribution in [3.63, 3.8) is 0 Å². The van der Waals surface area contributed by atoms with Gasteiger partial charge in [0.2, 0.25) is 0 Å². The van der Waals surface area contributed by atoms with Gasteiger partial charge in [-0.2, -0.15) is 0 Å². The van der Waals surface area contributed by atoms with Crippen molar-refractivity contribution in [3.05, 3.63) is 175 Å². The van der Waals surface area contributed by atoms with Crippen molar-refractivity contribution in [2.75, 3.05) is 0 Å². The molecule has 46 heavy (non-hydrogen) atoms. The first kappa shape index (κ1) is 26.7. The Kier molecular flexibility index (Phi) is 5.92. The van der Waals surface area contributed by atoms with Crippen LogP contribution in [0, 0.1) is 0 Å². The lowest BCUT2D eigenvalue weighted by atomic mass is 9.81. The van der Waals surface area contributed by atoms with Crippen LogP contribution in [0.3, 0.4) is 0 Å². The normalized spacial score (nSPS) is 13.2. The van der Waals surface area contributed by atoms with Crippen molar-refractivity contribution in [2.45, 2.75) is 19.3 Å². The fourth-order valence-corrected chi connectivity index (χ4v) is 7.77. The zero-order valence-corrected chi connectivity index (χ0v) is 26.0. The van der Waals surface area contributed by atoms with Crippen molar-refractivity contribution >= 4 is 21.8 Å². The van der Waals surface area contributed by atoms with Gasteiger partial charge in [-0.3, -0.25) is 0 Å². The molecule has 0 amide bonds. The summed E-state index contributed by atoms with van der Waals surface area (Å²) in [5, 5.41) is 2.60. The quantitative estimate of drug-likeness (QED) is 0.193. The molecule has 0 N–H and O–H groups in total. The number of fused-ring (bicyclic) bond motifs is 7. The van der Waals surface area contributed by atoms with E-state index < -0.39 is 0 Å². The van der Waals surface area contributed by atoms with Crippen LogP contribution < -0.4 is 0 Å². The van der Waals surface area contributed by atoms with Crippen LogP contribution in [0.2, 0.25) is 0 Å². The average molecular weight is 588 g/mol. The highest BCUT2D eigenvalue weighted by Crippen LogP contribution is 2.52. The monoisotopic (exact) mass is 587 g/mol. The molecule has 0 fully saturated rings.